The van der Waals surface area contributed by atoms with Gasteiger partial charge >= 0.3 is 12.1 Å². The number of rotatable bonds is 8. The van der Waals surface area contributed by atoms with Crippen molar-refractivity contribution >= 4 is 12.1 Å². The fourth-order valence-electron chi connectivity index (χ4n) is 13.9. The Kier molecular flexibility index (Phi) is 9.38. The molecular weight excluding hydrogens is 596 g/mol. The van der Waals surface area contributed by atoms with Crippen LogP contribution >= 0.6 is 0 Å². The number of carbonyl (C=O) groups is 2. The average Bonchev–Trinajstić information content (AvgIpc) is 3.39. The minimum atomic E-state index is -0.851. The molecule has 5 aliphatic carbocycles. The smallest absolute Gasteiger partial charge is 0.407 e. The summed E-state index contributed by atoms with van der Waals surface area (Å²) in [7, 11) is 4.12. The van der Waals surface area contributed by atoms with Crippen LogP contribution < -0.4 is 5.32 Å². The van der Waals surface area contributed by atoms with Crippen molar-refractivity contribution in [3.63, 3.8) is 0 Å². The SMILES string of the molecule is CC(C)[C@@H]1CC[C@]2(NC(=O)OCCCN(C)C)CC[C@]3(C)[C@H](CC[C@@H]4[C@@]5(C)CC[C@@H](c6ccc(C(=O)O)cc6)C(C)(C)[C@@H]5CC[C@]43C)[C@@H]12. The summed E-state index contributed by atoms with van der Waals surface area (Å²) in [6.45, 7) is 19.3. The van der Waals surface area contributed by atoms with Crippen molar-refractivity contribution in [3.05, 3.63) is 35.4 Å². The van der Waals surface area contributed by atoms with E-state index in [1.165, 1.54) is 56.9 Å². The zero-order chi connectivity index (χ0) is 34.9. The fourth-order valence-corrected chi connectivity index (χ4v) is 13.9. The molecule has 6 rings (SSSR count). The molecule has 6 heteroatoms. The minimum Gasteiger partial charge on any atom is -0.478 e. The number of nitrogens with zero attached hydrogens (tertiary/aromatic N) is 1. The maximum absolute atomic E-state index is 13.4. The third-order valence-electron chi connectivity index (χ3n) is 16.3. The largest absolute Gasteiger partial charge is 0.478 e. The molecule has 0 heterocycles. The second-order valence-corrected chi connectivity index (χ2v) is 19.1. The predicted octanol–water partition coefficient (Wildman–Crippen LogP) is 9.64. The van der Waals surface area contributed by atoms with E-state index in [9.17, 15) is 14.7 Å². The van der Waals surface area contributed by atoms with Crippen LogP contribution in [0.2, 0.25) is 0 Å². The van der Waals surface area contributed by atoms with Crippen LogP contribution in [-0.4, -0.2) is 54.9 Å². The summed E-state index contributed by atoms with van der Waals surface area (Å²) in [4.78, 5) is 27.1. The highest BCUT2D eigenvalue weighted by molar-refractivity contribution is 5.87. The van der Waals surface area contributed by atoms with Crippen molar-refractivity contribution in [1.29, 1.82) is 0 Å². The summed E-state index contributed by atoms with van der Waals surface area (Å²) in [5.41, 5.74) is 2.50. The molecule has 268 valence electrons. The van der Waals surface area contributed by atoms with E-state index in [-0.39, 0.29) is 33.3 Å². The van der Waals surface area contributed by atoms with Gasteiger partial charge in [-0.05, 0) is 166 Å². The van der Waals surface area contributed by atoms with Gasteiger partial charge in [0, 0.05) is 12.1 Å². The number of benzene rings is 1. The summed E-state index contributed by atoms with van der Waals surface area (Å²) in [6, 6.07) is 7.79. The van der Waals surface area contributed by atoms with E-state index in [1.54, 1.807) is 12.1 Å². The van der Waals surface area contributed by atoms with E-state index in [2.05, 4.69) is 84.9 Å². The Hall–Kier alpha value is -2.08. The third-order valence-corrected chi connectivity index (χ3v) is 16.3. The Bertz CT molecular complexity index is 1360. The molecule has 0 radical (unpaired) electrons. The molecule has 5 fully saturated rings. The Morgan fingerprint density at radius 3 is 2.23 bits per heavy atom. The van der Waals surface area contributed by atoms with E-state index in [4.69, 9.17) is 4.74 Å². The summed E-state index contributed by atoms with van der Waals surface area (Å²) in [6.07, 6.45) is 12.8. The van der Waals surface area contributed by atoms with Gasteiger partial charge in [0.1, 0.15) is 0 Å². The van der Waals surface area contributed by atoms with Gasteiger partial charge in [-0.15, -0.1) is 0 Å². The second-order valence-electron chi connectivity index (χ2n) is 19.1. The van der Waals surface area contributed by atoms with Crippen LogP contribution in [0.25, 0.3) is 0 Å². The van der Waals surface area contributed by atoms with Gasteiger partial charge in [0.2, 0.25) is 0 Å². The van der Waals surface area contributed by atoms with Gasteiger partial charge in [0.15, 0.2) is 0 Å². The molecule has 5 aliphatic rings. The summed E-state index contributed by atoms with van der Waals surface area (Å²) in [5.74, 6) is 3.31. The normalized spacial score (nSPS) is 41.6. The van der Waals surface area contributed by atoms with Crippen molar-refractivity contribution in [2.75, 3.05) is 27.2 Å². The quantitative estimate of drug-likeness (QED) is 0.271. The zero-order valence-corrected chi connectivity index (χ0v) is 31.7. The van der Waals surface area contributed by atoms with Crippen molar-refractivity contribution in [2.45, 2.75) is 131 Å². The molecule has 5 saturated carbocycles. The van der Waals surface area contributed by atoms with Crippen molar-refractivity contribution in [1.82, 2.24) is 10.2 Å². The number of amides is 1. The van der Waals surface area contributed by atoms with Gasteiger partial charge in [0.25, 0.3) is 0 Å². The molecule has 0 saturated heterocycles. The number of aromatic carboxylic acids is 1. The van der Waals surface area contributed by atoms with Crippen molar-refractivity contribution < 1.29 is 19.4 Å². The Balaban J connectivity index is 1.25. The van der Waals surface area contributed by atoms with Crippen molar-refractivity contribution in [2.24, 2.45) is 57.2 Å². The Morgan fingerprint density at radius 2 is 1.58 bits per heavy atom. The first kappa shape index (κ1) is 35.7. The number of carbonyl (C=O) groups excluding carboxylic acids is 1. The van der Waals surface area contributed by atoms with Crippen LogP contribution in [0, 0.1) is 57.2 Å². The molecule has 6 nitrogen and oxygen atoms in total. The molecule has 1 aromatic carbocycles. The van der Waals surface area contributed by atoms with Crippen LogP contribution in [0.3, 0.4) is 0 Å². The van der Waals surface area contributed by atoms with E-state index < -0.39 is 5.97 Å². The number of alkyl carbamates (subject to hydrolysis) is 1. The molecule has 0 bridgehead atoms. The van der Waals surface area contributed by atoms with Gasteiger partial charge in [-0.2, -0.15) is 0 Å². The molecular formula is C42H66N2O4. The molecule has 0 unspecified atom stereocenters. The topological polar surface area (TPSA) is 78.9 Å². The van der Waals surface area contributed by atoms with Crippen LogP contribution in [0.15, 0.2) is 24.3 Å². The molecule has 0 spiro atoms. The lowest BCUT2D eigenvalue weighted by molar-refractivity contribution is -0.235. The van der Waals surface area contributed by atoms with E-state index >= 15 is 0 Å². The van der Waals surface area contributed by atoms with Crippen LogP contribution in [0.4, 0.5) is 4.79 Å². The molecule has 1 amide bonds. The van der Waals surface area contributed by atoms with Gasteiger partial charge in [-0.1, -0.05) is 60.6 Å². The number of hydrogen-bond donors (Lipinski definition) is 2. The highest BCUT2D eigenvalue weighted by Gasteiger charge is 2.71. The first-order chi connectivity index (χ1) is 22.5. The Labute approximate surface area is 291 Å². The average molecular weight is 663 g/mol. The van der Waals surface area contributed by atoms with Gasteiger partial charge in [-0.25, -0.2) is 9.59 Å². The summed E-state index contributed by atoms with van der Waals surface area (Å²) in [5, 5.41) is 13.1. The van der Waals surface area contributed by atoms with Crippen molar-refractivity contribution in [3.8, 4) is 0 Å². The zero-order valence-electron chi connectivity index (χ0n) is 31.7. The lowest BCUT2D eigenvalue weighted by Crippen LogP contribution is -2.68. The highest BCUT2D eigenvalue weighted by atomic mass is 16.5. The van der Waals surface area contributed by atoms with E-state index in [1.807, 2.05) is 0 Å². The van der Waals surface area contributed by atoms with Gasteiger partial charge in [0.05, 0.1) is 12.2 Å². The lowest BCUT2D eigenvalue weighted by atomic mass is 9.32. The first-order valence-electron chi connectivity index (χ1n) is 19.4. The predicted molar refractivity (Wildman–Crippen MR) is 193 cm³/mol. The van der Waals surface area contributed by atoms with E-state index in [0.717, 1.165) is 25.8 Å². The van der Waals surface area contributed by atoms with Gasteiger partial charge in [-0.3, -0.25) is 0 Å². The summed E-state index contributed by atoms with van der Waals surface area (Å²) >= 11 is 0. The maximum Gasteiger partial charge on any atom is 0.407 e. The number of fused-ring (bicyclic) bond motifs is 7. The standard InChI is InChI=1S/C42H66N2O4/c1-27(2)30-17-22-42(43-37(47)48-26-10-25-44(8)9)24-23-40(6)32(35(30)42)15-16-34-39(5)20-18-31(28-11-13-29(14-12-28)36(45)46)38(3,4)33(39)19-21-41(34,40)7/h11-14,27,30-35H,10,15-26H2,1-9H3,(H,43,47)(H,45,46)/t30-,31-,32+,33-,34+,35+,39-,40+,41+,42-/m0/s1. The minimum absolute atomic E-state index is 0.141. The maximum atomic E-state index is 13.4. The monoisotopic (exact) mass is 663 g/mol. The summed E-state index contributed by atoms with van der Waals surface area (Å²) < 4.78 is 5.81. The molecule has 1 aromatic rings. The number of ether oxygens (including phenoxy) is 1. The molecule has 0 aliphatic heterocycles. The van der Waals surface area contributed by atoms with Gasteiger partial charge < -0.3 is 20.1 Å². The van der Waals surface area contributed by atoms with Crippen LogP contribution in [0.1, 0.15) is 141 Å². The number of hydrogen-bond acceptors (Lipinski definition) is 4. The number of carboxylic acid groups (broad SMARTS) is 1. The fraction of sp³-hybridized carbons (Fsp3) is 0.810. The molecule has 48 heavy (non-hydrogen) atoms. The highest BCUT2D eigenvalue weighted by Crippen LogP contribution is 2.77. The molecule has 0 aromatic heterocycles. The van der Waals surface area contributed by atoms with Crippen LogP contribution in [-0.2, 0) is 4.74 Å². The van der Waals surface area contributed by atoms with Crippen LogP contribution in [0.5, 0.6) is 0 Å². The lowest BCUT2D eigenvalue weighted by Gasteiger charge is -2.73. The third kappa shape index (κ3) is 5.53. The number of nitrogens with one attached hydrogen (secondary N) is 1. The number of carboxylic acids is 1. The molecule has 2 N–H and O–H groups in total. The second kappa shape index (κ2) is 12.6. The van der Waals surface area contributed by atoms with E-state index in [0.29, 0.717) is 53.6 Å². The Morgan fingerprint density at radius 1 is 0.875 bits per heavy atom. The molecule has 10 atom stereocenters. The first-order valence-corrected chi connectivity index (χ1v) is 19.4.